The van der Waals surface area contributed by atoms with E-state index in [4.69, 9.17) is 10.00 Å². The van der Waals surface area contributed by atoms with Gasteiger partial charge in [0.1, 0.15) is 0 Å². The van der Waals surface area contributed by atoms with Crippen molar-refractivity contribution in [3.05, 3.63) is 23.8 Å². The third kappa shape index (κ3) is 2.43. The van der Waals surface area contributed by atoms with Crippen LogP contribution < -0.4 is 4.74 Å². The second-order valence-electron chi connectivity index (χ2n) is 2.52. The molecule has 1 N–H and O–H groups in total. The molecule has 1 rings (SSSR count). The zero-order valence-corrected chi connectivity index (χ0v) is 7.74. The molecule has 0 bridgehead atoms. The fourth-order valence-corrected chi connectivity index (χ4v) is 0.941. The number of ether oxygens (including phenoxy) is 1. The Hall–Kier alpha value is -2.13. The second-order valence-corrected chi connectivity index (χ2v) is 2.52. The van der Waals surface area contributed by atoms with Crippen LogP contribution in [0.2, 0.25) is 0 Å². The van der Waals surface area contributed by atoms with Crippen LogP contribution in [0.4, 0.5) is 0 Å². The van der Waals surface area contributed by atoms with Crippen molar-refractivity contribution >= 4 is 0 Å². The summed E-state index contributed by atoms with van der Waals surface area (Å²) in [6.45, 7) is 0. The average Bonchev–Trinajstić information content (AvgIpc) is 2.21. The molecular weight excluding hydrogens is 178 g/mol. The normalized spacial score (nSPS) is 8.29. The molecule has 0 aliphatic rings. The van der Waals surface area contributed by atoms with Crippen molar-refractivity contribution in [3.8, 4) is 29.4 Å². The fourth-order valence-electron chi connectivity index (χ4n) is 0.941. The van der Waals surface area contributed by atoms with Gasteiger partial charge in [0, 0.05) is 5.56 Å². The predicted octanol–water partition coefficient (Wildman–Crippen LogP) is 1.67. The lowest BCUT2D eigenvalue weighted by Crippen LogP contribution is -1.84. The number of phenols is 1. The van der Waals surface area contributed by atoms with Crippen molar-refractivity contribution in [2.75, 3.05) is 7.11 Å². The molecule has 1 aromatic rings. The number of hydrogen-bond donors (Lipinski definition) is 1. The van der Waals surface area contributed by atoms with Gasteiger partial charge in [-0.05, 0) is 18.2 Å². The van der Waals surface area contributed by atoms with Crippen LogP contribution >= 0.6 is 0 Å². The van der Waals surface area contributed by atoms with Crippen molar-refractivity contribution in [1.82, 2.24) is 0 Å². The first-order valence-corrected chi connectivity index (χ1v) is 4.00. The zero-order chi connectivity index (χ0) is 10.4. The third-order valence-corrected chi connectivity index (χ3v) is 1.58. The van der Waals surface area contributed by atoms with Crippen LogP contribution in [-0.2, 0) is 0 Å². The standard InChI is InChI=1S/C11H9NO2/c1-14-11-8-9(4-2-3-7-12)5-6-10(11)13/h5-6,8,13H,3H2,1H3. The van der Waals surface area contributed by atoms with Crippen LogP contribution in [0.25, 0.3) is 0 Å². The van der Waals surface area contributed by atoms with E-state index in [0.29, 0.717) is 5.75 Å². The molecule has 0 unspecified atom stereocenters. The number of nitrogens with zero attached hydrogens (tertiary/aromatic N) is 1. The topological polar surface area (TPSA) is 53.2 Å². The van der Waals surface area contributed by atoms with Gasteiger partial charge in [-0.25, -0.2) is 0 Å². The minimum atomic E-state index is 0.0818. The van der Waals surface area contributed by atoms with E-state index in [1.807, 2.05) is 6.07 Å². The van der Waals surface area contributed by atoms with E-state index < -0.39 is 0 Å². The van der Waals surface area contributed by atoms with Crippen LogP contribution in [0.5, 0.6) is 11.5 Å². The smallest absolute Gasteiger partial charge is 0.161 e. The number of phenolic OH excluding ortho intramolecular Hbond substituents is 1. The zero-order valence-electron chi connectivity index (χ0n) is 7.74. The highest BCUT2D eigenvalue weighted by Crippen LogP contribution is 2.25. The van der Waals surface area contributed by atoms with Crippen LogP contribution in [0.1, 0.15) is 12.0 Å². The molecule has 0 heterocycles. The summed E-state index contributed by atoms with van der Waals surface area (Å²) >= 11 is 0. The minimum absolute atomic E-state index is 0.0818. The van der Waals surface area contributed by atoms with E-state index >= 15 is 0 Å². The van der Waals surface area contributed by atoms with E-state index in [-0.39, 0.29) is 12.2 Å². The predicted molar refractivity (Wildman–Crippen MR) is 51.8 cm³/mol. The van der Waals surface area contributed by atoms with Crippen LogP contribution in [0.15, 0.2) is 18.2 Å². The molecule has 0 atom stereocenters. The number of nitriles is 1. The molecular formula is C11H9NO2. The van der Waals surface area contributed by atoms with E-state index in [1.54, 1.807) is 12.1 Å². The Morgan fingerprint density at radius 3 is 2.93 bits per heavy atom. The maximum absolute atomic E-state index is 9.28. The maximum Gasteiger partial charge on any atom is 0.161 e. The number of benzene rings is 1. The molecule has 0 spiro atoms. The molecule has 0 saturated carbocycles. The molecule has 0 aliphatic heterocycles. The summed E-state index contributed by atoms with van der Waals surface area (Å²) in [5.41, 5.74) is 0.718. The molecule has 0 aromatic heterocycles. The Labute approximate surface area is 82.6 Å². The fraction of sp³-hybridized carbons (Fsp3) is 0.182. The summed E-state index contributed by atoms with van der Waals surface area (Å²) in [5.74, 6) is 5.92. The summed E-state index contributed by atoms with van der Waals surface area (Å²) in [6.07, 6.45) is 0.198. The van der Waals surface area contributed by atoms with Gasteiger partial charge < -0.3 is 9.84 Å². The van der Waals surface area contributed by atoms with E-state index in [1.165, 1.54) is 13.2 Å². The lowest BCUT2D eigenvalue weighted by molar-refractivity contribution is 0.373. The van der Waals surface area contributed by atoms with Gasteiger partial charge in [-0.2, -0.15) is 5.26 Å². The number of methoxy groups -OCH3 is 1. The Kier molecular flexibility index (Phi) is 3.41. The SMILES string of the molecule is COc1cc(C#CCC#N)ccc1O. The molecule has 3 nitrogen and oxygen atoms in total. The van der Waals surface area contributed by atoms with E-state index in [9.17, 15) is 5.11 Å². The molecule has 0 radical (unpaired) electrons. The molecule has 0 fully saturated rings. The van der Waals surface area contributed by atoms with Gasteiger partial charge in [-0.15, -0.1) is 0 Å². The molecule has 1 aromatic carbocycles. The summed E-state index contributed by atoms with van der Waals surface area (Å²) in [5, 5.41) is 17.6. The maximum atomic E-state index is 9.28. The van der Waals surface area contributed by atoms with Gasteiger partial charge in [0.25, 0.3) is 0 Å². The second kappa shape index (κ2) is 4.79. The van der Waals surface area contributed by atoms with Gasteiger partial charge in [0.15, 0.2) is 11.5 Å². The van der Waals surface area contributed by atoms with Crippen LogP contribution in [-0.4, -0.2) is 12.2 Å². The lowest BCUT2D eigenvalue weighted by atomic mass is 10.2. The van der Waals surface area contributed by atoms with Gasteiger partial charge in [-0.1, -0.05) is 11.8 Å². The number of rotatable bonds is 1. The molecule has 70 valence electrons. The van der Waals surface area contributed by atoms with Crippen molar-refractivity contribution in [2.45, 2.75) is 6.42 Å². The van der Waals surface area contributed by atoms with Crippen molar-refractivity contribution in [2.24, 2.45) is 0 Å². The molecule has 0 saturated heterocycles. The monoisotopic (exact) mass is 187 g/mol. The van der Waals surface area contributed by atoms with Gasteiger partial charge >= 0.3 is 0 Å². The van der Waals surface area contributed by atoms with E-state index in [2.05, 4.69) is 11.8 Å². The van der Waals surface area contributed by atoms with Crippen molar-refractivity contribution in [1.29, 1.82) is 5.26 Å². The van der Waals surface area contributed by atoms with Crippen LogP contribution in [0, 0.1) is 23.2 Å². The summed E-state index contributed by atoms with van der Waals surface area (Å²) in [6, 6.07) is 6.73. The first-order chi connectivity index (χ1) is 6.77. The summed E-state index contributed by atoms with van der Waals surface area (Å²) in [4.78, 5) is 0. The highest BCUT2D eigenvalue weighted by molar-refractivity contribution is 5.47. The Balaban J connectivity index is 2.92. The largest absolute Gasteiger partial charge is 0.504 e. The Morgan fingerprint density at radius 2 is 2.29 bits per heavy atom. The molecule has 0 amide bonds. The summed E-state index contributed by atoms with van der Waals surface area (Å²) in [7, 11) is 1.47. The van der Waals surface area contributed by atoms with Gasteiger partial charge in [0.05, 0.1) is 19.6 Å². The lowest BCUT2D eigenvalue weighted by Gasteiger charge is -2.02. The van der Waals surface area contributed by atoms with E-state index in [0.717, 1.165) is 5.56 Å². The first-order valence-electron chi connectivity index (χ1n) is 4.00. The highest BCUT2D eigenvalue weighted by atomic mass is 16.5. The Bertz CT molecular complexity index is 421. The van der Waals surface area contributed by atoms with Crippen LogP contribution in [0.3, 0.4) is 0 Å². The molecule has 14 heavy (non-hydrogen) atoms. The highest BCUT2D eigenvalue weighted by Gasteiger charge is 1.99. The first kappa shape index (κ1) is 9.95. The molecule has 3 heteroatoms. The molecule has 0 aliphatic carbocycles. The third-order valence-electron chi connectivity index (χ3n) is 1.58. The van der Waals surface area contributed by atoms with Crippen molar-refractivity contribution in [3.63, 3.8) is 0 Å². The quantitative estimate of drug-likeness (QED) is 0.680. The van der Waals surface area contributed by atoms with Gasteiger partial charge in [0.2, 0.25) is 0 Å². The number of aromatic hydroxyl groups is 1. The minimum Gasteiger partial charge on any atom is -0.504 e. The van der Waals surface area contributed by atoms with Crippen molar-refractivity contribution < 1.29 is 9.84 Å². The number of hydrogen-bond acceptors (Lipinski definition) is 3. The summed E-state index contributed by atoms with van der Waals surface area (Å²) < 4.78 is 4.91. The Morgan fingerprint density at radius 1 is 1.50 bits per heavy atom. The van der Waals surface area contributed by atoms with Gasteiger partial charge in [-0.3, -0.25) is 0 Å². The average molecular weight is 187 g/mol.